The van der Waals surface area contributed by atoms with E-state index < -0.39 is 36.1 Å². The lowest BCUT2D eigenvalue weighted by Gasteiger charge is -2.24. The van der Waals surface area contributed by atoms with Crippen molar-refractivity contribution in [3.63, 3.8) is 0 Å². The Balaban J connectivity index is 1.85. The molecule has 2 aliphatic heterocycles. The van der Waals surface area contributed by atoms with E-state index in [1.54, 1.807) is 4.90 Å². The minimum atomic E-state index is -1.48. The van der Waals surface area contributed by atoms with Crippen molar-refractivity contribution in [2.75, 3.05) is 26.2 Å². The van der Waals surface area contributed by atoms with Gasteiger partial charge in [-0.2, -0.15) is 0 Å². The summed E-state index contributed by atoms with van der Waals surface area (Å²) in [6.45, 7) is 4.22. The van der Waals surface area contributed by atoms with Crippen LogP contribution >= 0.6 is 0 Å². The lowest BCUT2D eigenvalue weighted by molar-refractivity contribution is -0.136. The molecule has 11 heteroatoms. The van der Waals surface area contributed by atoms with Crippen molar-refractivity contribution in [3.05, 3.63) is 0 Å². The maximum absolute atomic E-state index is 12.8. The number of aliphatic hydroxyl groups is 2. The first kappa shape index (κ1) is 23.0. The normalized spacial score (nSPS) is 26.0. The van der Waals surface area contributed by atoms with Gasteiger partial charge >= 0.3 is 0 Å². The molecule has 2 rings (SSSR count). The molecule has 0 bridgehead atoms. The Morgan fingerprint density at radius 1 is 1.00 bits per heavy atom. The molecule has 0 spiro atoms. The minimum absolute atomic E-state index is 0.119. The summed E-state index contributed by atoms with van der Waals surface area (Å²) >= 11 is 0. The molecule has 0 saturated carbocycles. The first-order valence-electron chi connectivity index (χ1n) is 9.81. The van der Waals surface area contributed by atoms with Gasteiger partial charge in [0.05, 0.1) is 24.0 Å². The molecule has 2 fully saturated rings. The zero-order chi connectivity index (χ0) is 21.9. The Morgan fingerprint density at radius 3 is 2.14 bits per heavy atom. The number of likely N-dealkylation sites (tertiary alicyclic amines) is 2. The fourth-order valence-electron chi connectivity index (χ4n) is 3.68. The summed E-state index contributed by atoms with van der Waals surface area (Å²) in [7, 11) is 0. The van der Waals surface area contributed by atoms with Crippen LogP contribution in [0.25, 0.3) is 0 Å². The van der Waals surface area contributed by atoms with Gasteiger partial charge in [-0.05, 0) is 26.7 Å². The molecule has 7 N–H and O–H groups in total. The number of nitrogens with one attached hydrogen (secondary N) is 1. The van der Waals surface area contributed by atoms with Gasteiger partial charge in [0.15, 0.2) is 6.10 Å². The zero-order valence-electron chi connectivity index (χ0n) is 16.8. The molecule has 29 heavy (non-hydrogen) atoms. The third-order valence-corrected chi connectivity index (χ3v) is 5.66. The molecule has 0 aromatic heterocycles. The zero-order valence-corrected chi connectivity index (χ0v) is 16.8. The van der Waals surface area contributed by atoms with Gasteiger partial charge in [0.25, 0.3) is 0 Å². The number of carbonyl (C=O) groups excluding carboxylic acids is 4. The average molecular weight is 413 g/mol. The Hall–Kier alpha value is -2.24. The molecule has 2 heterocycles. The van der Waals surface area contributed by atoms with E-state index in [0.717, 1.165) is 0 Å². The lowest BCUT2D eigenvalue weighted by atomic mass is 10.1. The highest BCUT2D eigenvalue weighted by atomic mass is 16.3. The van der Waals surface area contributed by atoms with Gasteiger partial charge in [-0.25, -0.2) is 0 Å². The summed E-state index contributed by atoms with van der Waals surface area (Å²) in [4.78, 5) is 51.5. The van der Waals surface area contributed by atoms with Crippen LogP contribution in [-0.2, 0) is 19.2 Å². The van der Waals surface area contributed by atoms with Crippen molar-refractivity contribution < 1.29 is 29.4 Å². The van der Waals surface area contributed by atoms with Gasteiger partial charge in [0.1, 0.15) is 6.04 Å². The highest BCUT2D eigenvalue weighted by Crippen LogP contribution is 2.24. The van der Waals surface area contributed by atoms with Crippen LogP contribution in [0.2, 0.25) is 0 Å². The van der Waals surface area contributed by atoms with Gasteiger partial charge in [-0.15, -0.1) is 0 Å². The Labute approximate surface area is 169 Å². The summed E-state index contributed by atoms with van der Waals surface area (Å²) in [6.07, 6.45) is -1.47. The van der Waals surface area contributed by atoms with E-state index in [-0.39, 0.29) is 36.7 Å². The first-order valence-corrected chi connectivity index (χ1v) is 9.81. The molecule has 164 valence electrons. The molecule has 0 radical (unpaired) electrons. The average Bonchev–Trinajstić information content (AvgIpc) is 3.35. The molecule has 11 nitrogen and oxygen atoms in total. The Kier molecular flexibility index (Phi) is 7.55. The Morgan fingerprint density at radius 2 is 1.55 bits per heavy atom. The summed E-state index contributed by atoms with van der Waals surface area (Å²) in [5, 5.41) is 21.6. The summed E-state index contributed by atoms with van der Waals surface area (Å²) in [5.41, 5.74) is 10.7. The third-order valence-electron chi connectivity index (χ3n) is 5.66. The van der Waals surface area contributed by atoms with Gasteiger partial charge in [-0.1, -0.05) is 0 Å². The van der Waals surface area contributed by atoms with Crippen LogP contribution in [0.15, 0.2) is 0 Å². The van der Waals surface area contributed by atoms with E-state index in [1.807, 2.05) is 0 Å². The summed E-state index contributed by atoms with van der Waals surface area (Å²) in [6, 6.07) is -1.83. The van der Waals surface area contributed by atoms with E-state index in [0.29, 0.717) is 25.9 Å². The first-order chi connectivity index (χ1) is 13.5. The SMILES string of the molecule is C[C@H](NC(=O)C1CCN(C(=O)[C@@H]2CCN(C(=O)[C@@H](N)[C@@H](C)O)C2)C1)[C@@H](O)C(N)=O. The van der Waals surface area contributed by atoms with Crippen molar-refractivity contribution in [2.45, 2.75) is 51.0 Å². The molecular weight excluding hydrogens is 382 g/mol. The number of aliphatic hydroxyl groups excluding tert-OH is 2. The van der Waals surface area contributed by atoms with E-state index in [9.17, 15) is 29.4 Å². The van der Waals surface area contributed by atoms with Crippen LogP contribution in [0.5, 0.6) is 0 Å². The molecular formula is C18H31N5O6. The van der Waals surface area contributed by atoms with E-state index in [1.165, 1.54) is 18.7 Å². The van der Waals surface area contributed by atoms with Gasteiger partial charge in [0, 0.05) is 26.2 Å². The molecule has 0 aromatic carbocycles. The van der Waals surface area contributed by atoms with Gasteiger partial charge in [0.2, 0.25) is 23.6 Å². The van der Waals surface area contributed by atoms with Crippen LogP contribution in [0.3, 0.4) is 0 Å². The predicted molar refractivity (Wildman–Crippen MR) is 102 cm³/mol. The number of hydrogen-bond acceptors (Lipinski definition) is 7. The van der Waals surface area contributed by atoms with Gasteiger partial charge < -0.3 is 36.8 Å². The maximum Gasteiger partial charge on any atom is 0.248 e. The molecule has 1 unspecified atom stereocenters. The second-order valence-corrected chi connectivity index (χ2v) is 7.95. The summed E-state index contributed by atoms with van der Waals surface area (Å²) in [5.74, 6) is -2.57. The minimum Gasteiger partial charge on any atom is -0.391 e. The molecule has 2 saturated heterocycles. The smallest absolute Gasteiger partial charge is 0.248 e. The van der Waals surface area contributed by atoms with E-state index in [4.69, 9.17) is 11.5 Å². The number of amides is 4. The molecule has 6 atom stereocenters. The molecule has 4 amide bonds. The molecule has 0 aliphatic carbocycles. The largest absolute Gasteiger partial charge is 0.391 e. The number of nitrogens with zero attached hydrogens (tertiary/aromatic N) is 2. The van der Waals surface area contributed by atoms with Crippen molar-refractivity contribution in [1.29, 1.82) is 0 Å². The maximum atomic E-state index is 12.8. The highest BCUT2D eigenvalue weighted by Gasteiger charge is 2.39. The van der Waals surface area contributed by atoms with Gasteiger partial charge in [-0.3, -0.25) is 19.2 Å². The van der Waals surface area contributed by atoms with E-state index >= 15 is 0 Å². The predicted octanol–water partition coefficient (Wildman–Crippen LogP) is -3.26. The monoisotopic (exact) mass is 413 g/mol. The quantitative estimate of drug-likeness (QED) is 0.290. The van der Waals surface area contributed by atoms with Crippen LogP contribution in [0.1, 0.15) is 26.7 Å². The van der Waals surface area contributed by atoms with Crippen LogP contribution in [-0.4, -0.2) is 94.1 Å². The van der Waals surface area contributed by atoms with Crippen molar-refractivity contribution in [2.24, 2.45) is 23.3 Å². The highest BCUT2D eigenvalue weighted by molar-refractivity contribution is 5.86. The second-order valence-electron chi connectivity index (χ2n) is 7.95. The topological polar surface area (TPSA) is 179 Å². The molecule has 0 aromatic rings. The fraction of sp³-hybridized carbons (Fsp3) is 0.778. The number of primary amides is 1. The van der Waals surface area contributed by atoms with Crippen LogP contribution < -0.4 is 16.8 Å². The second kappa shape index (κ2) is 9.51. The van der Waals surface area contributed by atoms with Crippen molar-refractivity contribution in [3.8, 4) is 0 Å². The van der Waals surface area contributed by atoms with Crippen molar-refractivity contribution >= 4 is 23.6 Å². The lowest BCUT2D eigenvalue weighted by Crippen LogP contribution is -2.49. The fourth-order valence-corrected chi connectivity index (χ4v) is 3.68. The van der Waals surface area contributed by atoms with E-state index in [2.05, 4.69) is 5.32 Å². The Bertz CT molecular complexity index is 657. The molecule has 2 aliphatic rings. The summed E-state index contributed by atoms with van der Waals surface area (Å²) < 4.78 is 0. The number of nitrogens with two attached hydrogens (primary N) is 2. The third kappa shape index (κ3) is 5.43. The standard InChI is InChI=1S/C18H31N5O6/c1-9(14(25)15(20)26)21-16(27)11-3-5-22(7-11)17(28)12-4-6-23(8-12)18(29)13(19)10(2)24/h9-14,24-25H,3-8,19H2,1-2H3,(H2,20,26)(H,21,27)/t9-,10+,11?,12+,13-,14+/m0/s1. The van der Waals surface area contributed by atoms with Crippen LogP contribution in [0, 0.1) is 11.8 Å². The van der Waals surface area contributed by atoms with Crippen LogP contribution in [0.4, 0.5) is 0 Å². The number of rotatable bonds is 7. The number of carbonyl (C=O) groups is 4. The van der Waals surface area contributed by atoms with Crippen molar-refractivity contribution in [1.82, 2.24) is 15.1 Å². The number of hydrogen-bond donors (Lipinski definition) is 5.